The summed E-state index contributed by atoms with van der Waals surface area (Å²) >= 11 is 6.38. The van der Waals surface area contributed by atoms with E-state index >= 15 is 0 Å². The minimum absolute atomic E-state index is 0.401. The fourth-order valence-corrected chi connectivity index (χ4v) is 2.87. The Hall–Kier alpha value is -2.85. The molecule has 0 fully saturated rings. The molecule has 3 rings (SSSR count). The van der Waals surface area contributed by atoms with Crippen LogP contribution >= 0.6 is 11.6 Å². The van der Waals surface area contributed by atoms with Gasteiger partial charge in [0.15, 0.2) is 0 Å². The molecule has 0 aliphatic rings. The third-order valence-corrected chi connectivity index (χ3v) is 4.30. The summed E-state index contributed by atoms with van der Waals surface area (Å²) in [5.41, 5.74) is 4.05. The number of esters is 1. The molecule has 126 valence electrons. The Labute approximate surface area is 151 Å². The van der Waals surface area contributed by atoms with E-state index in [9.17, 15) is 4.79 Å². The number of ether oxygens (including phenoxy) is 1. The number of halogens is 1. The highest BCUT2D eigenvalue weighted by Gasteiger charge is 2.14. The van der Waals surface area contributed by atoms with Gasteiger partial charge in [0, 0.05) is 17.4 Å². The zero-order chi connectivity index (χ0) is 17.8. The summed E-state index contributed by atoms with van der Waals surface area (Å²) in [4.78, 5) is 12.0. The van der Waals surface area contributed by atoms with E-state index in [-0.39, 0.29) is 0 Å². The van der Waals surface area contributed by atoms with Crippen molar-refractivity contribution in [3.05, 3.63) is 88.7 Å². The first-order valence-electron chi connectivity index (χ1n) is 7.74. The molecule has 0 N–H and O–H groups in total. The Kier molecular flexibility index (Phi) is 5.00. The molecule has 0 radical (unpaired) electrons. The van der Waals surface area contributed by atoms with Crippen LogP contribution in [0.4, 0.5) is 0 Å². The molecule has 0 aliphatic heterocycles. The van der Waals surface area contributed by atoms with Gasteiger partial charge in [0.05, 0.1) is 18.4 Å². The van der Waals surface area contributed by atoms with Crippen molar-refractivity contribution in [2.45, 2.75) is 6.42 Å². The summed E-state index contributed by atoms with van der Waals surface area (Å²) in [6, 6.07) is 13.4. The first-order valence-corrected chi connectivity index (χ1v) is 8.12. The molecule has 0 atom stereocenters. The largest absolute Gasteiger partial charge is 0.465 e. The van der Waals surface area contributed by atoms with Crippen molar-refractivity contribution in [1.29, 1.82) is 0 Å². The van der Waals surface area contributed by atoms with Crippen LogP contribution in [0.2, 0.25) is 5.02 Å². The molecule has 0 spiro atoms. The summed E-state index contributed by atoms with van der Waals surface area (Å²) in [6.45, 7) is 3.72. The van der Waals surface area contributed by atoms with Gasteiger partial charge in [-0.2, -0.15) is 5.10 Å². The Morgan fingerprint density at radius 3 is 2.68 bits per heavy atom. The number of benzene rings is 2. The molecular formula is C20H17ClN2O2. The fourth-order valence-electron chi connectivity index (χ4n) is 2.63. The number of carbonyl (C=O) groups excluding carboxylic acids is 1. The maximum Gasteiger partial charge on any atom is 0.338 e. The summed E-state index contributed by atoms with van der Waals surface area (Å²) in [5.74, 6) is -0.401. The van der Waals surface area contributed by atoms with Crippen molar-refractivity contribution >= 4 is 23.6 Å². The van der Waals surface area contributed by atoms with E-state index in [1.807, 2.05) is 36.5 Å². The molecule has 1 aromatic heterocycles. The number of rotatable bonds is 5. The lowest BCUT2D eigenvalue weighted by Gasteiger charge is -2.11. The van der Waals surface area contributed by atoms with Crippen LogP contribution in [0.15, 0.2) is 61.4 Å². The number of hydrogen-bond donors (Lipinski definition) is 0. The second kappa shape index (κ2) is 7.36. The van der Waals surface area contributed by atoms with Crippen molar-refractivity contribution < 1.29 is 9.53 Å². The second-order valence-corrected chi connectivity index (χ2v) is 5.93. The monoisotopic (exact) mass is 352 g/mol. The second-order valence-electron chi connectivity index (χ2n) is 5.52. The van der Waals surface area contributed by atoms with E-state index in [2.05, 4.69) is 11.7 Å². The lowest BCUT2D eigenvalue weighted by atomic mass is 9.99. The lowest BCUT2D eigenvalue weighted by Crippen LogP contribution is -2.05. The van der Waals surface area contributed by atoms with E-state index < -0.39 is 5.97 Å². The molecule has 25 heavy (non-hydrogen) atoms. The maximum absolute atomic E-state index is 12.0. The zero-order valence-corrected chi connectivity index (χ0v) is 14.5. The predicted octanol–water partition coefficient (Wildman–Crippen LogP) is 4.55. The highest BCUT2D eigenvalue weighted by Crippen LogP contribution is 2.26. The van der Waals surface area contributed by atoms with Gasteiger partial charge in [-0.05, 0) is 53.4 Å². The molecule has 5 heteroatoms. The molecule has 3 aromatic rings. The molecule has 1 heterocycles. The van der Waals surface area contributed by atoms with E-state index in [0.717, 1.165) is 16.8 Å². The minimum atomic E-state index is -0.401. The number of carbonyl (C=O) groups is 1. The molecule has 0 amide bonds. The summed E-state index contributed by atoms with van der Waals surface area (Å²) in [5, 5.41) is 4.80. The van der Waals surface area contributed by atoms with Crippen LogP contribution in [0, 0.1) is 0 Å². The minimum Gasteiger partial charge on any atom is -0.465 e. The van der Waals surface area contributed by atoms with Gasteiger partial charge in [0.1, 0.15) is 0 Å². The van der Waals surface area contributed by atoms with Crippen LogP contribution in [0.5, 0.6) is 0 Å². The molecule has 0 saturated heterocycles. The standard InChI is InChI=1S/C20H17ClN2O2/c1-3-15-13-19(21)16(12-18(15)20(24)25-2)11-14-5-7-17(8-6-14)23-10-4-9-22-23/h3-10,12-13H,1,11H2,2H3. The Balaban J connectivity index is 1.89. The van der Waals surface area contributed by atoms with Crippen LogP contribution in [-0.2, 0) is 11.2 Å². The average Bonchev–Trinajstić information content (AvgIpc) is 3.17. The molecule has 0 saturated carbocycles. The molecule has 2 aromatic carbocycles. The van der Waals surface area contributed by atoms with Crippen LogP contribution in [0.25, 0.3) is 11.8 Å². The van der Waals surface area contributed by atoms with Crippen molar-refractivity contribution in [2.75, 3.05) is 7.11 Å². The van der Waals surface area contributed by atoms with Crippen LogP contribution in [0.3, 0.4) is 0 Å². The van der Waals surface area contributed by atoms with Gasteiger partial charge in [-0.15, -0.1) is 0 Å². The zero-order valence-electron chi connectivity index (χ0n) is 13.8. The molecular weight excluding hydrogens is 336 g/mol. The lowest BCUT2D eigenvalue weighted by molar-refractivity contribution is 0.0600. The smallest absolute Gasteiger partial charge is 0.338 e. The molecule has 0 aliphatic carbocycles. The van der Waals surface area contributed by atoms with E-state index in [4.69, 9.17) is 16.3 Å². The van der Waals surface area contributed by atoms with E-state index in [1.165, 1.54) is 7.11 Å². The highest BCUT2D eigenvalue weighted by atomic mass is 35.5. The van der Waals surface area contributed by atoms with Gasteiger partial charge in [0.25, 0.3) is 0 Å². The topological polar surface area (TPSA) is 44.1 Å². The number of hydrogen-bond acceptors (Lipinski definition) is 3. The normalized spacial score (nSPS) is 10.5. The average molecular weight is 353 g/mol. The summed E-state index contributed by atoms with van der Waals surface area (Å²) in [7, 11) is 1.36. The van der Waals surface area contributed by atoms with Gasteiger partial charge < -0.3 is 4.74 Å². The molecule has 0 bridgehead atoms. The van der Waals surface area contributed by atoms with E-state index in [0.29, 0.717) is 22.6 Å². The Morgan fingerprint density at radius 1 is 1.32 bits per heavy atom. The Morgan fingerprint density at radius 2 is 2.08 bits per heavy atom. The van der Waals surface area contributed by atoms with Crippen molar-refractivity contribution in [3.63, 3.8) is 0 Å². The summed E-state index contributed by atoms with van der Waals surface area (Å²) in [6.07, 6.45) is 5.84. The van der Waals surface area contributed by atoms with Crippen molar-refractivity contribution in [3.8, 4) is 5.69 Å². The maximum atomic E-state index is 12.0. The van der Waals surface area contributed by atoms with Gasteiger partial charge in [-0.1, -0.05) is 36.4 Å². The first kappa shape index (κ1) is 17.0. The van der Waals surface area contributed by atoms with Gasteiger partial charge in [-0.3, -0.25) is 0 Å². The van der Waals surface area contributed by atoms with Crippen LogP contribution in [0.1, 0.15) is 27.0 Å². The highest BCUT2D eigenvalue weighted by molar-refractivity contribution is 6.31. The quantitative estimate of drug-likeness (QED) is 0.633. The summed E-state index contributed by atoms with van der Waals surface area (Å²) < 4.78 is 6.64. The third-order valence-electron chi connectivity index (χ3n) is 3.94. The van der Waals surface area contributed by atoms with Crippen LogP contribution in [-0.4, -0.2) is 22.9 Å². The van der Waals surface area contributed by atoms with Crippen molar-refractivity contribution in [1.82, 2.24) is 9.78 Å². The number of nitrogens with zero attached hydrogens (tertiary/aromatic N) is 2. The van der Waals surface area contributed by atoms with Gasteiger partial charge >= 0.3 is 5.97 Å². The van der Waals surface area contributed by atoms with E-state index in [1.54, 1.807) is 29.1 Å². The number of aromatic nitrogens is 2. The molecule has 4 nitrogen and oxygen atoms in total. The Bertz CT molecular complexity index is 900. The van der Waals surface area contributed by atoms with Crippen molar-refractivity contribution in [2.24, 2.45) is 0 Å². The molecule has 0 unspecified atom stereocenters. The van der Waals surface area contributed by atoms with Gasteiger partial charge in [0.2, 0.25) is 0 Å². The predicted molar refractivity (Wildman–Crippen MR) is 99.3 cm³/mol. The fraction of sp³-hybridized carbons (Fsp3) is 0.100. The van der Waals surface area contributed by atoms with Crippen LogP contribution < -0.4 is 0 Å². The number of methoxy groups -OCH3 is 1. The first-order chi connectivity index (χ1) is 12.1. The third kappa shape index (κ3) is 3.64. The SMILES string of the molecule is C=Cc1cc(Cl)c(Cc2ccc(-n3cccn3)cc2)cc1C(=O)OC. The van der Waals surface area contributed by atoms with Gasteiger partial charge in [-0.25, -0.2) is 9.48 Å².